The van der Waals surface area contributed by atoms with Crippen molar-refractivity contribution in [2.45, 2.75) is 6.42 Å². The van der Waals surface area contributed by atoms with Gasteiger partial charge in [-0.25, -0.2) is 8.78 Å². The molecule has 4 heteroatoms. The highest BCUT2D eigenvalue weighted by atomic mass is 19.1. The summed E-state index contributed by atoms with van der Waals surface area (Å²) < 4.78 is 26.8. The predicted octanol–water partition coefficient (Wildman–Crippen LogP) is 3.17. The molecule has 3 rings (SSSR count). The number of rotatable bonds is 1. The molecule has 2 aromatic carbocycles. The summed E-state index contributed by atoms with van der Waals surface area (Å²) in [7, 11) is 0. The van der Waals surface area contributed by atoms with Crippen LogP contribution in [0.1, 0.15) is 15.9 Å². The lowest BCUT2D eigenvalue weighted by atomic mass is 10.1. The Hall–Kier alpha value is -2.23. The Balaban J connectivity index is 2.00. The molecular weight excluding hydrogens is 248 g/mol. The molecule has 2 nitrogen and oxygen atoms in total. The van der Waals surface area contributed by atoms with E-state index in [0.29, 0.717) is 6.54 Å². The Morgan fingerprint density at radius 1 is 1.11 bits per heavy atom. The second kappa shape index (κ2) is 4.46. The van der Waals surface area contributed by atoms with E-state index in [1.165, 1.54) is 4.90 Å². The van der Waals surface area contributed by atoms with Crippen LogP contribution in [0.25, 0.3) is 0 Å². The molecule has 0 aliphatic carbocycles. The Bertz CT molecular complexity index is 654. The summed E-state index contributed by atoms with van der Waals surface area (Å²) in [5.41, 5.74) is 1.60. The van der Waals surface area contributed by atoms with Gasteiger partial charge in [-0.1, -0.05) is 18.2 Å². The molecule has 2 aromatic rings. The highest BCUT2D eigenvalue weighted by Gasteiger charge is 2.27. The molecule has 0 radical (unpaired) electrons. The van der Waals surface area contributed by atoms with Crippen molar-refractivity contribution in [3.05, 3.63) is 65.2 Å². The minimum Gasteiger partial charge on any atom is -0.308 e. The topological polar surface area (TPSA) is 20.3 Å². The SMILES string of the molecule is O=C(c1cc(F)ccc1F)N1CCc2ccccc21. The van der Waals surface area contributed by atoms with E-state index in [2.05, 4.69) is 0 Å². The van der Waals surface area contributed by atoms with Crippen molar-refractivity contribution in [3.63, 3.8) is 0 Å². The molecule has 0 saturated heterocycles. The monoisotopic (exact) mass is 259 g/mol. The Kier molecular flexibility index (Phi) is 2.78. The van der Waals surface area contributed by atoms with E-state index in [1.54, 1.807) is 0 Å². The number of carbonyl (C=O) groups excluding carboxylic acids is 1. The van der Waals surface area contributed by atoms with Crippen molar-refractivity contribution in [2.24, 2.45) is 0 Å². The molecule has 0 saturated carbocycles. The average molecular weight is 259 g/mol. The number of fused-ring (bicyclic) bond motifs is 1. The summed E-state index contributed by atoms with van der Waals surface area (Å²) >= 11 is 0. The number of halogens is 2. The van der Waals surface area contributed by atoms with Gasteiger partial charge < -0.3 is 4.90 Å². The number of para-hydroxylation sites is 1. The molecular formula is C15H11F2NO. The maximum atomic E-state index is 13.6. The van der Waals surface area contributed by atoms with E-state index in [4.69, 9.17) is 0 Å². The normalized spacial score (nSPS) is 13.5. The number of amides is 1. The Morgan fingerprint density at radius 2 is 1.89 bits per heavy atom. The fourth-order valence-electron chi connectivity index (χ4n) is 2.36. The fourth-order valence-corrected chi connectivity index (χ4v) is 2.36. The standard InChI is InChI=1S/C15H11F2NO/c16-11-5-6-13(17)12(9-11)15(19)18-8-7-10-3-1-2-4-14(10)18/h1-6,9H,7-8H2. The summed E-state index contributed by atoms with van der Waals surface area (Å²) in [5.74, 6) is -1.81. The van der Waals surface area contributed by atoms with E-state index in [1.807, 2.05) is 24.3 Å². The van der Waals surface area contributed by atoms with E-state index < -0.39 is 17.5 Å². The third-order valence-electron chi connectivity index (χ3n) is 3.29. The minimum absolute atomic E-state index is 0.225. The van der Waals surface area contributed by atoms with Crippen molar-refractivity contribution in [1.82, 2.24) is 0 Å². The molecule has 0 fully saturated rings. The van der Waals surface area contributed by atoms with Gasteiger partial charge in [0.15, 0.2) is 0 Å². The largest absolute Gasteiger partial charge is 0.308 e. The van der Waals surface area contributed by atoms with Crippen LogP contribution in [-0.2, 0) is 6.42 Å². The van der Waals surface area contributed by atoms with Gasteiger partial charge in [0.05, 0.1) is 5.56 Å². The predicted molar refractivity (Wildman–Crippen MR) is 68.2 cm³/mol. The van der Waals surface area contributed by atoms with Gasteiger partial charge >= 0.3 is 0 Å². The first-order valence-electron chi connectivity index (χ1n) is 6.01. The number of hydrogen-bond acceptors (Lipinski definition) is 1. The average Bonchev–Trinajstić information content (AvgIpc) is 2.84. The summed E-state index contributed by atoms with van der Waals surface area (Å²) in [6.07, 6.45) is 0.735. The molecule has 1 amide bonds. The summed E-state index contributed by atoms with van der Waals surface area (Å²) in [5, 5.41) is 0. The first kappa shape index (κ1) is 11.8. The van der Waals surface area contributed by atoms with E-state index >= 15 is 0 Å². The Morgan fingerprint density at radius 3 is 2.74 bits per heavy atom. The fraction of sp³-hybridized carbons (Fsp3) is 0.133. The zero-order valence-electron chi connectivity index (χ0n) is 10.1. The van der Waals surface area contributed by atoms with Crippen LogP contribution in [0.4, 0.5) is 14.5 Å². The molecule has 1 aliphatic rings. The van der Waals surface area contributed by atoms with E-state index in [0.717, 1.165) is 35.9 Å². The van der Waals surface area contributed by atoms with Crippen molar-refractivity contribution in [3.8, 4) is 0 Å². The van der Waals surface area contributed by atoms with Gasteiger partial charge in [-0.05, 0) is 36.2 Å². The molecule has 1 aliphatic heterocycles. The molecule has 0 unspecified atom stereocenters. The third-order valence-corrected chi connectivity index (χ3v) is 3.29. The first-order valence-corrected chi connectivity index (χ1v) is 6.01. The highest BCUT2D eigenvalue weighted by Crippen LogP contribution is 2.29. The van der Waals surface area contributed by atoms with Gasteiger partial charge in [-0.2, -0.15) is 0 Å². The molecule has 1 heterocycles. The van der Waals surface area contributed by atoms with Crippen molar-refractivity contribution in [1.29, 1.82) is 0 Å². The molecule has 0 spiro atoms. The second-order valence-electron chi connectivity index (χ2n) is 4.46. The van der Waals surface area contributed by atoms with Crippen LogP contribution in [0.3, 0.4) is 0 Å². The van der Waals surface area contributed by atoms with Crippen molar-refractivity contribution >= 4 is 11.6 Å². The Labute approximate surface area is 109 Å². The summed E-state index contributed by atoms with van der Waals surface area (Å²) in [4.78, 5) is 13.8. The summed E-state index contributed by atoms with van der Waals surface area (Å²) in [6.45, 7) is 0.494. The van der Waals surface area contributed by atoms with Crippen LogP contribution in [-0.4, -0.2) is 12.5 Å². The lowest BCUT2D eigenvalue weighted by Crippen LogP contribution is -2.29. The number of anilines is 1. The number of benzene rings is 2. The molecule has 0 aromatic heterocycles. The lowest BCUT2D eigenvalue weighted by Gasteiger charge is -2.17. The van der Waals surface area contributed by atoms with Crippen LogP contribution in [0, 0.1) is 11.6 Å². The minimum atomic E-state index is -0.698. The van der Waals surface area contributed by atoms with Gasteiger partial charge in [-0.3, -0.25) is 4.79 Å². The number of nitrogens with zero attached hydrogens (tertiary/aromatic N) is 1. The smallest absolute Gasteiger partial charge is 0.261 e. The van der Waals surface area contributed by atoms with Crippen LogP contribution in [0.2, 0.25) is 0 Å². The van der Waals surface area contributed by atoms with Gasteiger partial charge in [-0.15, -0.1) is 0 Å². The molecule has 96 valence electrons. The van der Waals surface area contributed by atoms with E-state index in [-0.39, 0.29) is 5.56 Å². The zero-order valence-corrected chi connectivity index (χ0v) is 10.1. The van der Waals surface area contributed by atoms with Crippen LogP contribution < -0.4 is 4.90 Å². The molecule has 0 atom stereocenters. The van der Waals surface area contributed by atoms with Gasteiger partial charge in [0.2, 0.25) is 0 Å². The maximum Gasteiger partial charge on any atom is 0.261 e. The highest BCUT2D eigenvalue weighted by molar-refractivity contribution is 6.07. The van der Waals surface area contributed by atoms with Crippen LogP contribution in [0.5, 0.6) is 0 Å². The van der Waals surface area contributed by atoms with Crippen LogP contribution >= 0.6 is 0 Å². The van der Waals surface area contributed by atoms with Gasteiger partial charge in [0, 0.05) is 12.2 Å². The summed E-state index contributed by atoms with van der Waals surface area (Å²) in [6, 6.07) is 10.4. The molecule has 0 bridgehead atoms. The first-order chi connectivity index (χ1) is 9.16. The second-order valence-corrected chi connectivity index (χ2v) is 4.46. The van der Waals surface area contributed by atoms with Gasteiger partial charge in [0.25, 0.3) is 5.91 Å². The quantitative estimate of drug-likeness (QED) is 0.770. The lowest BCUT2D eigenvalue weighted by molar-refractivity contribution is 0.0985. The molecule has 0 N–H and O–H groups in total. The van der Waals surface area contributed by atoms with Crippen LogP contribution in [0.15, 0.2) is 42.5 Å². The van der Waals surface area contributed by atoms with Crippen molar-refractivity contribution < 1.29 is 13.6 Å². The number of carbonyl (C=O) groups is 1. The third kappa shape index (κ3) is 1.99. The number of hydrogen-bond donors (Lipinski definition) is 0. The van der Waals surface area contributed by atoms with Crippen molar-refractivity contribution in [2.75, 3.05) is 11.4 Å². The van der Waals surface area contributed by atoms with Gasteiger partial charge in [0.1, 0.15) is 11.6 Å². The molecule has 19 heavy (non-hydrogen) atoms. The van der Waals surface area contributed by atoms with E-state index in [9.17, 15) is 13.6 Å². The maximum absolute atomic E-state index is 13.6. The zero-order chi connectivity index (χ0) is 13.4.